The molecule has 2 rings (SSSR count). The minimum Gasteiger partial charge on any atom is -0.389 e. The Balaban J connectivity index is 2.41. The summed E-state index contributed by atoms with van der Waals surface area (Å²) in [6.07, 6.45) is 0.0675. The number of aliphatic hydroxyl groups excluding tert-OH is 1. The SMILES string of the molecule is Cc1cc(N2CCCNC(=O)C2)c([C@H](C)O)cc1F. The third-order valence-corrected chi connectivity index (χ3v) is 3.36. The van der Waals surface area contributed by atoms with Crippen molar-refractivity contribution >= 4 is 11.6 Å². The van der Waals surface area contributed by atoms with E-state index in [0.717, 1.165) is 12.1 Å². The summed E-state index contributed by atoms with van der Waals surface area (Å²) in [6, 6.07) is 3.06. The lowest BCUT2D eigenvalue weighted by atomic mass is 10.0. The molecule has 1 aromatic rings. The van der Waals surface area contributed by atoms with Crippen LogP contribution in [0.2, 0.25) is 0 Å². The van der Waals surface area contributed by atoms with Crippen molar-refractivity contribution in [2.45, 2.75) is 26.4 Å². The van der Waals surface area contributed by atoms with Gasteiger partial charge in [-0.3, -0.25) is 4.79 Å². The number of hydrogen-bond donors (Lipinski definition) is 2. The Morgan fingerprint density at radius 1 is 1.47 bits per heavy atom. The predicted molar refractivity (Wildman–Crippen MR) is 71.6 cm³/mol. The highest BCUT2D eigenvalue weighted by atomic mass is 19.1. The van der Waals surface area contributed by atoms with E-state index in [1.807, 2.05) is 4.90 Å². The number of rotatable bonds is 2. The number of halogens is 1. The first-order valence-electron chi connectivity index (χ1n) is 6.49. The van der Waals surface area contributed by atoms with Crippen molar-refractivity contribution in [2.24, 2.45) is 0 Å². The van der Waals surface area contributed by atoms with E-state index in [-0.39, 0.29) is 18.3 Å². The van der Waals surface area contributed by atoms with Crippen LogP contribution in [-0.4, -0.2) is 30.6 Å². The molecule has 0 unspecified atom stereocenters. The van der Waals surface area contributed by atoms with Crippen LogP contribution >= 0.6 is 0 Å². The number of aliphatic hydroxyl groups is 1. The molecule has 0 saturated carbocycles. The molecular formula is C14H19FN2O2. The van der Waals surface area contributed by atoms with Crippen LogP contribution in [0.3, 0.4) is 0 Å². The molecule has 1 saturated heterocycles. The van der Waals surface area contributed by atoms with Gasteiger partial charge in [-0.2, -0.15) is 0 Å². The summed E-state index contributed by atoms with van der Waals surface area (Å²) in [6.45, 7) is 4.89. The molecule has 1 aromatic carbocycles. The second-order valence-electron chi connectivity index (χ2n) is 4.96. The molecule has 5 heteroatoms. The minimum atomic E-state index is -0.767. The average Bonchev–Trinajstić information content (AvgIpc) is 2.56. The van der Waals surface area contributed by atoms with Crippen molar-refractivity contribution in [2.75, 3.05) is 24.5 Å². The zero-order chi connectivity index (χ0) is 14.0. The first kappa shape index (κ1) is 13.8. The Morgan fingerprint density at radius 2 is 2.21 bits per heavy atom. The molecule has 0 bridgehead atoms. The van der Waals surface area contributed by atoms with Crippen molar-refractivity contribution in [3.05, 3.63) is 29.1 Å². The van der Waals surface area contributed by atoms with Gasteiger partial charge in [0.2, 0.25) is 5.91 Å². The van der Waals surface area contributed by atoms with Crippen molar-refractivity contribution < 1.29 is 14.3 Å². The minimum absolute atomic E-state index is 0.0454. The largest absolute Gasteiger partial charge is 0.389 e. The number of nitrogens with zero attached hydrogens (tertiary/aromatic N) is 1. The van der Waals surface area contributed by atoms with Gasteiger partial charge in [-0.25, -0.2) is 4.39 Å². The number of carbonyl (C=O) groups is 1. The molecule has 0 spiro atoms. The summed E-state index contributed by atoms with van der Waals surface area (Å²) >= 11 is 0. The Labute approximate surface area is 112 Å². The zero-order valence-electron chi connectivity index (χ0n) is 11.2. The molecule has 19 heavy (non-hydrogen) atoms. The van der Waals surface area contributed by atoms with Gasteiger partial charge in [0.25, 0.3) is 0 Å². The van der Waals surface area contributed by atoms with E-state index in [1.54, 1.807) is 19.9 Å². The van der Waals surface area contributed by atoms with Gasteiger partial charge in [-0.05, 0) is 38.0 Å². The van der Waals surface area contributed by atoms with Crippen LogP contribution in [-0.2, 0) is 4.79 Å². The lowest BCUT2D eigenvalue weighted by Gasteiger charge is -2.26. The maximum Gasteiger partial charge on any atom is 0.239 e. The number of amides is 1. The van der Waals surface area contributed by atoms with E-state index >= 15 is 0 Å². The predicted octanol–water partition coefficient (Wildman–Crippen LogP) is 1.51. The van der Waals surface area contributed by atoms with Crippen molar-refractivity contribution in [1.29, 1.82) is 0 Å². The van der Waals surface area contributed by atoms with Gasteiger partial charge in [-0.15, -0.1) is 0 Å². The smallest absolute Gasteiger partial charge is 0.239 e. The van der Waals surface area contributed by atoms with Gasteiger partial charge in [0, 0.05) is 24.3 Å². The van der Waals surface area contributed by atoms with Crippen LogP contribution < -0.4 is 10.2 Å². The number of aryl methyl sites for hydroxylation is 1. The van der Waals surface area contributed by atoms with Crippen LogP contribution in [0.5, 0.6) is 0 Å². The molecule has 0 aromatic heterocycles. The molecule has 1 heterocycles. The van der Waals surface area contributed by atoms with E-state index in [2.05, 4.69) is 5.32 Å². The summed E-state index contributed by atoms with van der Waals surface area (Å²) in [4.78, 5) is 13.5. The summed E-state index contributed by atoms with van der Waals surface area (Å²) < 4.78 is 13.6. The number of nitrogens with one attached hydrogen (secondary N) is 1. The summed E-state index contributed by atoms with van der Waals surface area (Å²) in [5, 5.41) is 12.6. The van der Waals surface area contributed by atoms with Gasteiger partial charge in [0.15, 0.2) is 0 Å². The highest BCUT2D eigenvalue weighted by molar-refractivity contribution is 5.82. The monoisotopic (exact) mass is 266 g/mol. The standard InChI is InChI=1S/C14H19FN2O2/c1-9-6-13(11(10(2)18)7-12(9)15)17-5-3-4-16-14(19)8-17/h6-7,10,18H,3-5,8H2,1-2H3,(H,16,19)/t10-/m0/s1. The van der Waals surface area contributed by atoms with Gasteiger partial charge < -0.3 is 15.3 Å². The Hall–Kier alpha value is -1.62. The molecule has 0 aliphatic carbocycles. The Bertz CT molecular complexity index is 489. The van der Waals surface area contributed by atoms with Gasteiger partial charge in [0.05, 0.1) is 12.6 Å². The highest BCUT2D eigenvalue weighted by Crippen LogP contribution is 2.29. The number of benzene rings is 1. The highest BCUT2D eigenvalue weighted by Gasteiger charge is 2.20. The fourth-order valence-corrected chi connectivity index (χ4v) is 2.30. The topological polar surface area (TPSA) is 52.6 Å². The quantitative estimate of drug-likeness (QED) is 0.853. The van der Waals surface area contributed by atoms with E-state index in [0.29, 0.717) is 24.2 Å². The van der Waals surface area contributed by atoms with Crippen LogP contribution in [0.15, 0.2) is 12.1 Å². The molecule has 1 atom stereocenters. The van der Waals surface area contributed by atoms with Crippen LogP contribution in [0, 0.1) is 12.7 Å². The third-order valence-electron chi connectivity index (χ3n) is 3.36. The van der Waals surface area contributed by atoms with E-state index < -0.39 is 6.10 Å². The molecular weight excluding hydrogens is 247 g/mol. The fraction of sp³-hybridized carbons (Fsp3) is 0.500. The average molecular weight is 266 g/mol. The normalized spacial score (nSPS) is 17.9. The summed E-state index contributed by atoms with van der Waals surface area (Å²) in [5.41, 5.74) is 1.79. The number of hydrogen-bond acceptors (Lipinski definition) is 3. The molecule has 1 amide bonds. The molecule has 4 nitrogen and oxygen atoms in total. The molecule has 0 radical (unpaired) electrons. The molecule has 1 fully saturated rings. The van der Waals surface area contributed by atoms with E-state index in [9.17, 15) is 14.3 Å². The second-order valence-corrected chi connectivity index (χ2v) is 4.96. The lowest BCUT2D eigenvalue weighted by molar-refractivity contribution is -0.119. The van der Waals surface area contributed by atoms with E-state index in [1.165, 1.54) is 6.07 Å². The van der Waals surface area contributed by atoms with Gasteiger partial charge >= 0.3 is 0 Å². The lowest BCUT2D eigenvalue weighted by Crippen LogP contribution is -2.33. The van der Waals surface area contributed by atoms with Crippen molar-refractivity contribution in [3.8, 4) is 0 Å². The maximum absolute atomic E-state index is 13.6. The van der Waals surface area contributed by atoms with Crippen LogP contribution in [0.4, 0.5) is 10.1 Å². The molecule has 1 aliphatic heterocycles. The van der Waals surface area contributed by atoms with Gasteiger partial charge in [0.1, 0.15) is 5.82 Å². The molecule has 104 valence electrons. The molecule has 1 aliphatic rings. The Kier molecular flexibility index (Phi) is 4.04. The Morgan fingerprint density at radius 3 is 2.89 bits per heavy atom. The zero-order valence-corrected chi connectivity index (χ0v) is 11.2. The number of anilines is 1. The first-order chi connectivity index (χ1) is 8.99. The molecule has 2 N–H and O–H groups in total. The summed E-state index contributed by atoms with van der Waals surface area (Å²) in [7, 11) is 0. The van der Waals surface area contributed by atoms with E-state index in [4.69, 9.17) is 0 Å². The summed E-state index contributed by atoms with van der Waals surface area (Å²) in [5.74, 6) is -0.380. The van der Waals surface area contributed by atoms with Crippen LogP contribution in [0.25, 0.3) is 0 Å². The van der Waals surface area contributed by atoms with Crippen molar-refractivity contribution in [3.63, 3.8) is 0 Å². The first-order valence-corrected chi connectivity index (χ1v) is 6.49. The fourth-order valence-electron chi connectivity index (χ4n) is 2.30. The maximum atomic E-state index is 13.6. The number of carbonyl (C=O) groups excluding carboxylic acids is 1. The van der Waals surface area contributed by atoms with Gasteiger partial charge in [-0.1, -0.05) is 0 Å². The van der Waals surface area contributed by atoms with Crippen LogP contribution in [0.1, 0.15) is 30.6 Å². The second kappa shape index (κ2) is 5.57. The van der Waals surface area contributed by atoms with Crippen molar-refractivity contribution in [1.82, 2.24) is 5.32 Å². The third kappa shape index (κ3) is 3.04.